The van der Waals surface area contributed by atoms with E-state index in [-0.39, 0.29) is 17.7 Å². The van der Waals surface area contributed by atoms with Crippen LogP contribution in [0.4, 0.5) is 4.39 Å². The minimum atomic E-state index is -0.546. The number of benzene rings is 1. The summed E-state index contributed by atoms with van der Waals surface area (Å²) < 4.78 is 25.8. The Hall–Kier alpha value is -3.30. The highest BCUT2D eigenvalue weighted by Gasteiger charge is 2.26. The summed E-state index contributed by atoms with van der Waals surface area (Å²) in [5, 5.41) is 12.2. The van der Waals surface area contributed by atoms with Gasteiger partial charge in [-0.15, -0.1) is 5.10 Å². The van der Waals surface area contributed by atoms with E-state index in [2.05, 4.69) is 20.5 Å². The van der Waals surface area contributed by atoms with Gasteiger partial charge in [0.25, 0.3) is 11.8 Å². The number of amides is 1. The zero-order chi connectivity index (χ0) is 20.4. The summed E-state index contributed by atoms with van der Waals surface area (Å²) in [6, 6.07) is 4.37. The smallest absolute Gasteiger partial charge is 0.280 e. The molecule has 0 N–H and O–H groups in total. The number of hydrogen-bond acceptors (Lipinski definition) is 7. The predicted octanol–water partition coefficient (Wildman–Crippen LogP) is 2.52. The molecule has 10 heteroatoms. The lowest BCUT2D eigenvalue weighted by Gasteiger charge is -2.31. The number of halogens is 1. The normalized spacial score (nSPS) is 14.9. The van der Waals surface area contributed by atoms with E-state index in [0.717, 1.165) is 12.8 Å². The number of likely N-dealkylation sites (tertiary alicyclic amines) is 1. The van der Waals surface area contributed by atoms with Gasteiger partial charge in [-0.2, -0.15) is 4.98 Å². The molecule has 29 heavy (non-hydrogen) atoms. The largest absolute Gasteiger partial charge is 0.494 e. The second kappa shape index (κ2) is 7.98. The van der Waals surface area contributed by atoms with Gasteiger partial charge in [0.05, 0.1) is 19.3 Å². The van der Waals surface area contributed by atoms with Crippen LogP contribution in [0.1, 0.15) is 42.0 Å². The molecule has 0 unspecified atom stereocenters. The van der Waals surface area contributed by atoms with Gasteiger partial charge in [0, 0.05) is 25.1 Å². The Bertz CT molecular complexity index is 1010. The van der Waals surface area contributed by atoms with E-state index in [1.54, 1.807) is 21.8 Å². The fourth-order valence-electron chi connectivity index (χ4n) is 3.37. The number of aryl methyl sites for hydroxylation is 1. The summed E-state index contributed by atoms with van der Waals surface area (Å²) in [5.74, 6) is 0.353. The molecule has 4 rings (SSSR count). The molecule has 1 aromatic carbocycles. The van der Waals surface area contributed by atoms with Crippen LogP contribution in [-0.2, 0) is 6.42 Å². The average molecular weight is 400 g/mol. The quantitative estimate of drug-likeness (QED) is 0.649. The predicted molar refractivity (Wildman–Crippen MR) is 99.8 cm³/mol. The Kier molecular flexibility index (Phi) is 5.24. The number of carbonyl (C=O) groups excluding carboxylic acids is 1. The Morgan fingerprint density at radius 2 is 2.14 bits per heavy atom. The third-order valence-electron chi connectivity index (χ3n) is 5.04. The van der Waals surface area contributed by atoms with E-state index >= 15 is 0 Å². The van der Waals surface area contributed by atoms with Gasteiger partial charge < -0.3 is 14.2 Å². The third-order valence-corrected chi connectivity index (χ3v) is 5.04. The molecule has 0 spiro atoms. The maximum atomic E-state index is 13.9. The van der Waals surface area contributed by atoms with Crippen LogP contribution < -0.4 is 4.74 Å². The van der Waals surface area contributed by atoms with Crippen molar-refractivity contribution in [3.8, 4) is 17.3 Å². The maximum Gasteiger partial charge on any atom is 0.280 e. The molecule has 9 nitrogen and oxygen atoms in total. The van der Waals surface area contributed by atoms with Gasteiger partial charge in [0.1, 0.15) is 0 Å². The molecule has 1 amide bonds. The Morgan fingerprint density at radius 3 is 2.79 bits per heavy atom. The fourth-order valence-corrected chi connectivity index (χ4v) is 3.37. The second-order valence-corrected chi connectivity index (χ2v) is 6.83. The molecule has 1 fully saturated rings. The number of rotatable bonds is 5. The molecule has 3 heterocycles. The molecule has 1 aliphatic heterocycles. The Balaban J connectivity index is 1.39. The Morgan fingerprint density at radius 1 is 1.34 bits per heavy atom. The van der Waals surface area contributed by atoms with Crippen molar-refractivity contribution >= 4 is 5.91 Å². The van der Waals surface area contributed by atoms with Crippen molar-refractivity contribution in [3.05, 3.63) is 41.6 Å². The molecule has 0 aliphatic carbocycles. The molecule has 0 atom stereocenters. The van der Waals surface area contributed by atoms with E-state index in [4.69, 9.17) is 9.26 Å². The van der Waals surface area contributed by atoms with Crippen LogP contribution in [0.15, 0.2) is 28.9 Å². The first-order valence-corrected chi connectivity index (χ1v) is 9.46. The number of piperidine rings is 1. The summed E-state index contributed by atoms with van der Waals surface area (Å²) >= 11 is 0. The van der Waals surface area contributed by atoms with Gasteiger partial charge in [0.15, 0.2) is 23.1 Å². The van der Waals surface area contributed by atoms with Crippen LogP contribution in [0, 0.1) is 5.82 Å². The molecule has 0 saturated carbocycles. The van der Waals surface area contributed by atoms with E-state index in [0.29, 0.717) is 42.5 Å². The van der Waals surface area contributed by atoms with Gasteiger partial charge in [-0.05, 0) is 31.0 Å². The highest BCUT2D eigenvalue weighted by molar-refractivity contribution is 5.94. The number of nitrogens with zero attached hydrogens (tertiary/aromatic N) is 6. The molecule has 0 radical (unpaired) electrons. The van der Waals surface area contributed by atoms with Crippen molar-refractivity contribution in [2.24, 2.45) is 0 Å². The standard InChI is InChI=1S/C19H21FN6O3/c1-3-17-21-18(29-23-17)15-11-26(24-22-15)13-6-8-25(9-7-13)19(27)12-4-5-16(28-2)14(20)10-12/h4-5,10-11,13H,3,6-9H2,1-2H3. The maximum absolute atomic E-state index is 13.9. The van der Waals surface area contributed by atoms with Crippen molar-refractivity contribution < 1.29 is 18.4 Å². The van der Waals surface area contributed by atoms with Crippen molar-refractivity contribution in [2.45, 2.75) is 32.2 Å². The first-order chi connectivity index (χ1) is 14.1. The number of carbonyl (C=O) groups is 1. The SMILES string of the molecule is CCc1noc(-c2cn(C3CCN(C(=O)c4ccc(OC)c(F)c4)CC3)nn2)n1. The lowest BCUT2D eigenvalue weighted by molar-refractivity contribution is 0.0688. The molecular formula is C19H21FN6O3. The number of hydrogen-bond donors (Lipinski definition) is 0. The van der Waals surface area contributed by atoms with Crippen LogP contribution in [0.3, 0.4) is 0 Å². The average Bonchev–Trinajstić information content (AvgIpc) is 3.42. The zero-order valence-corrected chi connectivity index (χ0v) is 16.2. The van der Waals surface area contributed by atoms with Crippen molar-refractivity contribution in [3.63, 3.8) is 0 Å². The van der Waals surface area contributed by atoms with Crippen LogP contribution in [0.2, 0.25) is 0 Å². The molecule has 2 aromatic heterocycles. The monoisotopic (exact) mass is 400 g/mol. The summed E-state index contributed by atoms with van der Waals surface area (Å²) in [4.78, 5) is 18.7. The molecule has 3 aromatic rings. The summed E-state index contributed by atoms with van der Waals surface area (Å²) in [7, 11) is 1.39. The highest BCUT2D eigenvalue weighted by Crippen LogP contribution is 2.25. The molecule has 152 valence electrons. The molecular weight excluding hydrogens is 379 g/mol. The lowest BCUT2D eigenvalue weighted by atomic mass is 10.0. The summed E-state index contributed by atoms with van der Waals surface area (Å²) in [6.07, 6.45) is 3.91. The minimum absolute atomic E-state index is 0.112. The van der Waals surface area contributed by atoms with Gasteiger partial charge in [-0.1, -0.05) is 17.3 Å². The van der Waals surface area contributed by atoms with Crippen LogP contribution in [0.5, 0.6) is 5.75 Å². The van der Waals surface area contributed by atoms with Gasteiger partial charge in [-0.3, -0.25) is 4.79 Å². The second-order valence-electron chi connectivity index (χ2n) is 6.83. The van der Waals surface area contributed by atoms with Crippen LogP contribution in [0.25, 0.3) is 11.6 Å². The van der Waals surface area contributed by atoms with E-state index in [9.17, 15) is 9.18 Å². The lowest BCUT2D eigenvalue weighted by Crippen LogP contribution is -2.39. The summed E-state index contributed by atoms with van der Waals surface area (Å²) in [5.41, 5.74) is 0.845. The first-order valence-electron chi connectivity index (χ1n) is 9.46. The number of ether oxygens (including phenoxy) is 1. The molecule has 1 saturated heterocycles. The first kappa shape index (κ1) is 19.0. The third kappa shape index (κ3) is 3.82. The van der Waals surface area contributed by atoms with Crippen LogP contribution >= 0.6 is 0 Å². The van der Waals surface area contributed by atoms with Gasteiger partial charge >= 0.3 is 0 Å². The molecule has 1 aliphatic rings. The van der Waals surface area contributed by atoms with Crippen molar-refractivity contribution in [1.82, 2.24) is 30.0 Å². The zero-order valence-electron chi connectivity index (χ0n) is 16.2. The summed E-state index contributed by atoms with van der Waals surface area (Å²) in [6.45, 7) is 3.04. The highest BCUT2D eigenvalue weighted by atomic mass is 19.1. The fraction of sp³-hybridized carbons (Fsp3) is 0.421. The van der Waals surface area contributed by atoms with Crippen molar-refractivity contribution in [1.29, 1.82) is 0 Å². The van der Waals surface area contributed by atoms with Crippen LogP contribution in [-0.4, -0.2) is 56.1 Å². The van der Waals surface area contributed by atoms with Crippen molar-refractivity contribution in [2.75, 3.05) is 20.2 Å². The van der Waals surface area contributed by atoms with Gasteiger partial charge in [0.2, 0.25) is 0 Å². The minimum Gasteiger partial charge on any atom is -0.494 e. The number of methoxy groups -OCH3 is 1. The molecule has 0 bridgehead atoms. The van der Waals surface area contributed by atoms with Gasteiger partial charge in [-0.25, -0.2) is 9.07 Å². The van der Waals surface area contributed by atoms with E-state index < -0.39 is 5.82 Å². The Labute approximate surface area is 166 Å². The number of aromatic nitrogens is 5. The van der Waals surface area contributed by atoms with E-state index in [1.807, 2.05) is 6.92 Å². The topological polar surface area (TPSA) is 99.2 Å². The van der Waals surface area contributed by atoms with E-state index in [1.165, 1.54) is 19.2 Å².